The molecule has 0 aliphatic heterocycles. The molecule has 0 bridgehead atoms. The lowest BCUT2D eigenvalue weighted by atomic mass is 10.00. The largest absolute Gasteiger partial charge is 0.396 e. The van der Waals surface area contributed by atoms with Crippen molar-refractivity contribution in [3.63, 3.8) is 0 Å². The van der Waals surface area contributed by atoms with Crippen molar-refractivity contribution < 1.29 is 9.67 Å². The smallest absolute Gasteiger partial charge is 0.225 e. The van der Waals surface area contributed by atoms with Gasteiger partial charge in [0.25, 0.3) is 0 Å². The Morgan fingerprint density at radius 2 is 1.74 bits per heavy atom. The van der Waals surface area contributed by atoms with Gasteiger partial charge in [-0.1, -0.05) is 29.0 Å². The zero-order valence-electron chi connectivity index (χ0n) is 12.2. The average molecular weight is 276 g/mol. The maximum Gasteiger partial charge on any atom is 0.225 e. The monoisotopic (exact) mass is 276 g/mol. The standard InChI is InChI=1S/C16H22NOS/c1-11-7-12(2)15(13(3)8-11)9-17-10-19-16(5-6-18)14(17)4/h7-8,10,18H,5-6,9H2,1-4H3/q+1. The van der Waals surface area contributed by atoms with E-state index in [1.807, 2.05) is 0 Å². The van der Waals surface area contributed by atoms with E-state index in [4.69, 9.17) is 5.11 Å². The van der Waals surface area contributed by atoms with Gasteiger partial charge < -0.3 is 5.11 Å². The van der Waals surface area contributed by atoms with Gasteiger partial charge in [-0.15, -0.1) is 0 Å². The van der Waals surface area contributed by atoms with Gasteiger partial charge in [0.1, 0.15) is 0 Å². The predicted molar refractivity (Wildman–Crippen MR) is 79.8 cm³/mol. The zero-order valence-corrected chi connectivity index (χ0v) is 13.0. The molecule has 0 atom stereocenters. The van der Waals surface area contributed by atoms with Crippen LogP contribution in [0, 0.1) is 27.7 Å². The first-order valence-electron chi connectivity index (χ1n) is 6.67. The van der Waals surface area contributed by atoms with Crippen LogP contribution < -0.4 is 4.57 Å². The molecule has 0 radical (unpaired) electrons. The van der Waals surface area contributed by atoms with Crippen molar-refractivity contribution in [1.29, 1.82) is 0 Å². The van der Waals surface area contributed by atoms with Gasteiger partial charge in [-0.3, -0.25) is 0 Å². The molecule has 3 heteroatoms. The van der Waals surface area contributed by atoms with E-state index in [0.29, 0.717) is 0 Å². The lowest BCUT2D eigenvalue weighted by molar-refractivity contribution is -0.689. The second-order valence-corrected chi connectivity index (χ2v) is 6.15. The van der Waals surface area contributed by atoms with E-state index in [1.165, 1.54) is 32.8 Å². The zero-order chi connectivity index (χ0) is 14.0. The molecule has 0 spiro atoms. The number of rotatable bonds is 4. The van der Waals surface area contributed by atoms with Crippen LogP contribution in [0.25, 0.3) is 0 Å². The molecule has 0 unspecified atom stereocenters. The number of aliphatic hydroxyl groups is 1. The van der Waals surface area contributed by atoms with Crippen LogP contribution >= 0.6 is 11.3 Å². The Morgan fingerprint density at radius 1 is 1.11 bits per heavy atom. The van der Waals surface area contributed by atoms with Crippen molar-refractivity contribution in [1.82, 2.24) is 0 Å². The highest BCUT2D eigenvalue weighted by molar-refractivity contribution is 7.09. The third kappa shape index (κ3) is 3.04. The second kappa shape index (κ2) is 5.85. The molecule has 1 N–H and O–H groups in total. The van der Waals surface area contributed by atoms with Gasteiger partial charge in [0.05, 0.1) is 4.88 Å². The molecule has 0 saturated heterocycles. The number of aliphatic hydroxyl groups excluding tert-OH is 1. The minimum atomic E-state index is 0.226. The number of benzene rings is 1. The van der Waals surface area contributed by atoms with Crippen molar-refractivity contribution in [2.75, 3.05) is 6.61 Å². The Morgan fingerprint density at radius 3 is 2.32 bits per heavy atom. The number of aryl methyl sites for hydroxylation is 3. The van der Waals surface area contributed by atoms with Crippen LogP contribution in [0.4, 0.5) is 0 Å². The average Bonchev–Trinajstić information content (AvgIpc) is 2.66. The topological polar surface area (TPSA) is 24.1 Å². The molecule has 0 aliphatic rings. The van der Waals surface area contributed by atoms with Gasteiger partial charge >= 0.3 is 0 Å². The maximum atomic E-state index is 9.06. The molecule has 0 saturated carbocycles. The van der Waals surface area contributed by atoms with Gasteiger partial charge in [0.2, 0.25) is 5.51 Å². The molecule has 102 valence electrons. The van der Waals surface area contributed by atoms with E-state index in [0.717, 1.165) is 13.0 Å². The molecule has 2 aromatic rings. The van der Waals surface area contributed by atoms with Crippen molar-refractivity contribution in [3.8, 4) is 0 Å². The number of hydrogen-bond acceptors (Lipinski definition) is 2. The minimum Gasteiger partial charge on any atom is -0.396 e. The normalized spacial score (nSPS) is 11.0. The Hall–Kier alpha value is -1.19. The Balaban J connectivity index is 2.31. The fourth-order valence-corrected chi connectivity index (χ4v) is 3.56. The van der Waals surface area contributed by atoms with Crippen LogP contribution in [-0.4, -0.2) is 11.7 Å². The third-order valence-electron chi connectivity index (χ3n) is 3.66. The summed E-state index contributed by atoms with van der Waals surface area (Å²) in [7, 11) is 0. The summed E-state index contributed by atoms with van der Waals surface area (Å²) in [5, 5.41) is 9.06. The highest BCUT2D eigenvalue weighted by atomic mass is 32.1. The first-order valence-corrected chi connectivity index (χ1v) is 7.55. The van der Waals surface area contributed by atoms with Crippen LogP contribution in [0.5, 0.6) is 0 Å². The summed E-state index contributed by atoms with van der Waals surface area (Å²) in [4.78, 5) is 1.28. The predicted octanol–water partition coefficient (Wildman–Crippen LogP) is 2.85. The van der Waals surface area contributed by atoms with E-state index in [1.54, 1.807) is 11.3 Å². The highest BCUT2D eigenvalue weighted by Gasteiger charge is 2.17. The summed E-state index contributed by atoms with van der Waals surface area (Å²) in [6.45, 7) is 9.81. The van der Waals surface area contributed by atoms with E-state index in [-0.39, 0.29) is 6.61 Å². The van der Waals surface area contributed by atoms with Gasteiger partial charge in [0.15, 0.2) is 12.2 Å². The molecule has 2 nitrogen and oxygen atoms in total. The lowest BCUT2D eigenvalue weighted by Crippen LogP contribution is -2.35. The molecule has 1 aromatic heterocycles. The molecule has 0 fully saturated rings. The first-order chi connectivity index (χ1) is 9.02. The van der Waals surface area contributed by atoms with E-state index in [9.17, 15) is 0 Å². The Labute approximate surface area is 119 Å². The second-order valence-electron chi connectivity index (χ2n) is 5.21. The lowest BCUT2D eigenvalue weighted by Gasteiger charge is -2.08. The van der Waals surface area contributed by atoms with E-state index in [2.05, 4.69) is 49.9 Å². The minimum absolute atomic E-state index is 0.226. The van der Waals surface area contributed by atoms with Gasteiger partial charge in [0, 0.05) is 25.5 Å². The van der Waals surface area contributed by atoms with Crippen LogP contribution in [0.1, 0.15) is 32.8 Å². The summed E-state index contributed by atoms with van der Waals surface area (Å²) in [5.41, 5.74) is 8.90. The first kappa shape index (κ1) is 14.2. The van der Waals surface area contributed by atoms with Crippen molar-refractivity contribution >= 4 is 11.3 Å². The summed E-state index contributed by atoms with van der Waals surface area (Å²) < 4.78 is 2.29. The van der Waals surface area contributed by atoms with Gasteiger partial charge in [-0.2, -0.15) is 4.57 Å². The molecule has 1 heterocycles. The third-order valence-corrected chi connectivity index (χ3v) is 4.81. The summed E-state index contributed by atoms with van der Waals surface area (Å²) in [6, 6.07) is 4.50. The van der Waals surface area contributed by atoms with Gasteiger partial charge in [-0.05, 0) is 31.9 Å². The maximum absolute atomic E-state index is 9.06. The fourth-order valence-electron chi connectivity index (χ4n) is 2.58. The van der Waals surface area contributed by atoms with Crippen molar-refractivity contribution in [3.05, 3.63) is 50.5 Å². The summed E-state index contributed by atoms with van der Waals surface area (Å²) in [5.74, 6) is 0. The van der Waals surface area contributed by atoms with Gasteiger partial charge in [-0.25, -0.2) is 0 Å². The quantitative estimate of drug-likeness (QED) is 0.853. The number of nitrogens with zero attached hydrogens (tertiary/aromatic N) is 1. The summed E-state index contributed by atoms with van der Waals surface area (Å²) in [6.07, 6.45) is 0.759. The fraction of sp³-hybridized carbons (Fsp3) is 0.438. The van der Waals surface area contributed by atoms with Crippen molar-refractivity contribution in [2.45, 2.75) is 40.7 Å². The molecular formula is C16H22NOS+. The van der Waals surface area contributed by atoms with Crippen LogP contribution in [0.3, 0.4) is 0 Å². The van der Waals surface area contributed by atoms with Crippen molar-refractivity contribution in [2.24, 2.45) is 0 Å². The Bertz CT molecular complexity index is 563. The van der Waals surface area contributed by atoms with E-state index >= 15 is 0 Å². The van der Waals surface area contributed by atoms with Crippen LogP contribution in [-0.2, 0) is 13.0 Å². The van der Waals surface area contributed by atoms with Crippen LogP contribution in [0.15, 0.2) is 17.6 Å². The molecule has 0 amide bonds. The highest BCUT2D eigenvalue weighted by Crippen LogP contribution is 2.18. The van der Waals surface area contributed by atoms with E-state index < -0.39 is 0 Å². The number of thiazole rings is 1. The molecule has 2 rings (SSSR count). The SMILES string of the molecule is Cc1cc(C)c(C[n+]2csc(CCO)c2C)c(C)c1. The van der Waals surface area contributed by atoms with Crippen LogP contribution in [0.2, 0.25) is 0 Å². The molecule has 1 aromatic carbocycles. The summed E-state index contributed by atoms with van der Waals surface area (Å²) >= 11 is 1.74. The Kier molecular flexibility index (Phi) is 4.38. The number of aromatic nitrogens is 1. The molecule has 0 aliphatic carbocycles. The number of hydrogen-bond donors (Lipinski definition) is 1. The molecule has 19 heavy (non-hydrogen) atoms. The molecular weight excluding hydrogens is 254 g/mol.